The van der Waals surface area contributed by atoms with Crippen LogP contribution in [-0.2, 0) is 42.9 Å². The number of halogens is 3. The number of ether oxygens (including phenoxy) is 5. The minimum atomic E-state index is -5.15. The van der Waals surface area contributed by atoms with Gasteiger partial charge in [-0.25, -0.2) is 4.79 Å². The fraction of sp³-hybridized carbons (Fsp3) is 0.778. The summed E-state index contributed by atoms with van der Waals surface area (Å²) in [5.41, 5.74) is -1.19. The summed E-state index contributed by atoms with van der Waals surface area (Å²) in [6.07, 6.45) is -8.41. The molecule has 184 valence electrons. The van der Waals surface area contributed by atoms with Crippen molar-refractivity contribution < 1.29 is 56.0 Å². The first kappa shape index (κ1) is 28.0. The van der Waals surface area contributed by atoms with E-state index in [0.717, 1.165) is 18.9 Å². The Morgan fingerprint density at radius 2 is 1.72 bits per heavy atom. The second-order valence-corrected chi connectivity index (χ2v) is 8.13. The van der Waals surface area contributed by atoms with E-state index in [2.05, 4.69) is 4.74 Å². The van der Waals surface area contributed by atoms with Crippen molar-refractivity contribution >= 4 is 35.6 Å². The summed E-state index contributed by atoms with van der Waals surface area (Å²) < 4.78 is 63.4. The molecule has 0 aliphatic carbocycles. The minimum Gasteiger partial charge on any atom is -0.467 e. The molecule has 0 bridgehead atoms. The number of carbonyl (C=O) groups excluding carboxylic acids is 4. The fourth-order valence-electron chi connectivity index (χ4n) is 2.97. The van der Waals surface area contributed by atoms with Gasteiger partial charge in [0.25, 0.3) is 0 Å². The van der Waals surface area contributed by atoms with Crippen LogP contribution < -0.4 is 5.32 Å². The summed E-state index contributed by atoms with van der Waals surface area (Å²) in [5.74, 6) is -4.34. The van der Waals surface area contributed by atoms with Gasteiger partial charge in [0.2, 0.25) is 0 Å². The van der Waals surface area contributed by atoms with Crippen molar-refractivity contribution in [3.63, 3.8) is 0 Å². The van der Waals surface area contributed by atoms with Gasteiger partial charge in [-0.15, -0.1) is 0 Å². The molecule has 1 aliphatic rings. The van der Waals surface area contributed by atoms with Crippen LogP contribution in [0.25, 0.3) is 0 Å². The summed E-state index contributed by atoms with van der Waals surface area (Å²) in [6.45, 7) is 3.93. The van der Waals surface area contributed by atoms with Crippen LogP contribution in [0, 0.1) is 0 Å². The third-order valence-electron chi connectivity index (χ3n) is 4.37. The summed E-state index contributed by atoms with van der Waals surface area (Å²) in [6, 6.07) is -1.51. The predicted molar refractivity (Wildman–Crippen MR) is 103 cm³/mol. The quantitative estimate of drug-likeness (QED) is 0.269. The lowest BCUT2D eigenvalue weighted by molar-refractivity contribution is -0.184. The average molecular weight is 489 g/mol. The zero-order valence-corrected chi connectivity index (χ0v) is 19.0. The third-order valence-corrected chi connectivity index (χ3v) is 5.67. The van der Waals surface area contributed by atoms with E-state index in [-0.39, 0.29) is 17.9 Å². The molecule has 14 heteroatoms. The van der Waals surface area contributed by atoms with Gasteiger partial charge in [-0.05, 0) is 19.1 Å². The van der Waals surface area contributed by atoms with E-state index in [1.165, 1.54) is 21.0 Å². The van der Waals surface area contributed by atoms with Crippen LogP contribution in [0.1, 0.15) is 27.2 Å². The molecule has 1 N–H and O–H groups in total. The van der Waals surface area contributed by atoms with Gasteiger partial charge in [-0.3, -0.25) is 14.4 Å². The maximum absolute atomic E-state index is 12.5. The lowest BCUT2D eigenvalue weighted by Gasteiger charge is -2.30. The predicted octanol–water partition coefficient (Wildman–Crippen LogP) is 0.955. The van der Waals surface area contributed by atoms with Crippen molar-refractivity contribution in [1.82, 2.24) is 5.32 Å². The molecule has 0 aromatic rings. The highest BCUT2D eigenvalue weighted by Gasteiger charge is 2.56. The maximum atomic E-state index is 12.5. The zero-order valence-electron chi connectivity index (χ0n) is 18.1. The standard InChI is InChI=1S/C18H26F3NO9S/c1-9(23)29-12-13(30-10(2)24)17(3,31-15(12)28-5)8-32-7-6-11(14(25)27-4)22-16(26)18(19,20)21/h11-13,15H,6-8H2,1-5H3,(H,22,26)/t11-,12+,13-,15+,17+/m0/s1. The van der Waals surface area contributed by atoms with Gasteiger partial charge in [0.05, 0.1) is 7.11 Å². The molecular formula is C18H26F3NO9S. The van der Waals surface area contributed by atoms with E-state index in [0.29, 0.717) is 0 Å². The molecular weight excluding hydrogens is 463 g/mol. The maximum Gasteiger partial charge on any atom is 0.471 e. The van der Waals surface area contributed by atoms with Crippen LogP contribution in [0.15, 0.2) is 0 Å². The number of carbonyl (C=O) groups is 4. The van der Waals surface area contributed by atoms with Gasteiger partial charge in [0, 0.05) is 26.7 Å². The Bertz CT molecular complexity index is 706. The Hall–Kier alpha value is -2.06. The number of esters is 3. The van der Waals surface area contributed by atoms with Crippen molar-refractivity contribution in [2.75, 3.05) is 25.7 Å². The molecule has 1 aliphatic heterocycles. The second-order valence-electron chi connectivity index (χ2n) is 7.03. The van der Waals surface area contributed by atoms with E-state index in [1.807, 2.05) is 0 Å². The van der Waals surface area contributed by atoms with Gasteiger partial charge >= 0.3 is 30.0 Å². The summed E-state index contributed by atoms with van der Waals surface area (Å²) in [7, 11) is 2.30. The Morgan fingerprint density at radius 3 is 2.19 bits per heavy atom. The average Bonchev–Trinajstić information content (AvgIpc) is 2.93. The van der Waals surface area contributed by atoms with Crippen molar-refractivity contribution in [2.45, 2.75) is 63.5 Å². The van der Waals surface area contributed by atoms with Crippen LogP contribution in [0.2, 0.25) is 0 Å². The number of methoxy groups -OCH3 is 2. The molecule has 10 nitrogen and oxygen atoms in total. The summed E-state index contributed by atoms with van der Waals surface area (Å²) in [4.78, 5) is 45.9. The molecule has 1 saturated heterocycles. The molecule has 0 saturated carbocycles. The number of hydrogen-bond acceptors (Lipinski definition) is 10. The number of amides is 1. The van der Waals surface area contributed by atoms with Crippen molar-refractivity contribution in [1.29, 1.82) is 0 Å². The van der Waals surface area contributed by atoms with Crippen LogP contribution in [0.4, 0.5) is 13.2 Å². The van der Waals surface area contributed by atoms with Gasteiger partial charge in [-0.1, -0.05) is 0 Å². The first-order chi connectivity index (χ1) is 14.7. The molecule has 0 spiro atoms. The smallest absolute Gasteiger partial charge is 0.467 e. The van der Waals surface area contributed by atoms with E-state index in [1.54, 1.807) is 12.2 Å². The molecule has 5 atom stereocenters. The highest BCUT2D eigenvalue weighted by atomic mass is 32.2. The van der Waals surface area contributed by atoms with Gasteiger partial charge in [0.1, 0.15) is 11.6 Å². The lowest BCUT2D eigenvalue weighted by Crippen LogP contribution is -2.48. The molecule has 32 heavy (non-hydrogen) atoms. The third kappa shape index (κ3) is 7.81. The Kier molecular flexibility index (Phi) is 10.2. The molecule has 0 unspecified atom stereocenters. The number of hydrogen-bond donors (Lipinski definition) is 1. The molecule has 1 fully saturated rings. The Labute approximate surface area is 186 Å². The van der Waals surface area contributed by atoms with Crippen LogP contribution in [0.3, 0.4) is 0 Å². The van der Waals surface area contributed by atoms with Gasteiger partial charge < -0.3 is 29.0 Å². The largest absolute Gasteiger partial charge is 0.471 e. The van der Waals surface area contributed by atoms with Crippen molar-refractivity contribution in [2.24, 2.45) is 0 Å². The highest BCUT2D eigenvalue weighted by molar-refractivity contribution is 7.99. The number of rotatable bonds is 10. The summed E-state index contributed by atoms with van der Waals surface area (Å²) >= 11 is 1.15. The Balaban J connectivity index is 2.83. The van der Waals surface area contributed by atoms with Crippen LogP contribution >= 0.6 is 11.8 Å². The van der Waals surface area contributed by atoms with Gasteiger partial charge in [0.15, 0.2) is 18.5 Å². The first-order valence-electron chi connectivity index (χ1n) is 9.33. The molecule has 0 aromatic heterocycles. The topological polar surface area (TPSA) is 126 Å². The number of nitrogens with one attached hydrogen (secondary N) is 1. The first-order valence-corrected chi connectivity index (χ1v) is 10.5. The molecule has 0 radical (unpaired) electrons. The second kappa shape index (κ2) is 11.7. The molecule has 1 amide bonds. The van der Waals surface area contributed by atoms with E-state index < -0.39 is 60.1 Å². The van der Waals surface area contributed by atoms with Gasteiger partial charge in [-0.2, -0.15) is 24.9 Å². The fourth-order valence-corrected chi connectivity index (χ4v) is 4.16. The van der Waals surface area contributed by atoms with Crippen molar-refractivity contribution in [3.05, 3.63) is 0 Å². The van der Waals surface area contributed by atoms with Crippen LogP contribution in [0.5, 0.6) is 0 Å². The normalized spacial score (nSPS) is 26.2. The van der Waals surface area contributed by atoms with E-state index in [9.17, 15) is 32.3 Å². The monoisotopic (exact) mass is 489 g/mol. The van der Waals surface area contributed by atoms with Crippen molar-refractivity contribution in [3.8, 4) is 0 Å². The number of alkyl halides is 3. The molecule has 1 rings (SSSR count). The van der Waals surface area contributed by atoms with Crippen LogP contribution in [-0.4, -0.2) is 85.9 Å². The Morgan fingerprint density at radius 1 is 1.12 bits per heavy atom. The molecule has 1 heterocycles. The molecule has 0 aromatic carbocycles. The summed E-state index contributed by atoms with van der Waals surface area (Å²) in [5, 5.41) is 1.60. The SMILES string of the molecule is COC(=O)[C@H](CCSC[C@@]1(C)O[C@@H](OC)[C@H](OC(C)=O)[C@@H]1OC(C)=O)NC(=O)C(F)(F)F. The van der Waals surface area contributed by atoms with E-state index in [4.69, 9.17) is 18.9 Å². The highest BCUT2D eigenvalue weighted by Crippen LogP contribution is 2.38. The number of thioether (sulfide) groups is 1. The van der Waals surface area contributed by atoms with E-state index >= 15 is 0 Å². The zero-order chi connectivity index (χ0) is 24.7. The minimum absolute atomic E-state index is 0.111. The lowest BCUT2D eigenvalue weighted by atomic mass is 9.99.